The van der Waals surface area contributed by atoms with Crippen LogP contribution in [-0.2, 0) is 9.53 Å². The number of carbonyl (C=O) groups excluding carboxylic acids is 1. The average molecular weight is 315 g/mol. The van der Waals surface area contributed by atoms with Gasteiger partial charge in [0, 0.05) is 19.5 Å². The SMILES string of the molecule is COCC(=O)Nc1nc(-c2ccco2)c(-c2ccncc2)s1. The third-order valence-electron chi connectivity index (χ3n) is 2.85. The Morgan fingerprint density at radius 2 is 2.18 bits per heavy atom. The van der Waals surface area contributed by atoms with Crippen LogP contribution in [0.1, 0.15) is 0 Å². The van der Waals surface area contributed by atoms with Gasteiger partial charge in [-0.3, -0.25) is 15.1 Å². The maximum absolute atomic E-state index is 11.7. The molecule has 0 saturated heterocycles. The molecule has 0 atom stereocenters. The number of rotatable bonds is 5. The van der Waals surface area contributed by atoms with E-state index in [4.69, 9.17) is 9.15 Å². The molecule has 3 rings (SSSR count). The maximum Gasteiger partial charge on any atom is 0.252 e. The van der Waals surface area contributed by atoms with Crippen molar-refractivity contribution in [2.75, 3.05) is 19.0 Å². The van der Waals surface area contributed by atoms with E-state index >= 15 is 0 Å². The predicted molar refractivity (Wildman–Crippen MR) is 83.6 cm³/mol. The summed E-state index contributed by atoms with van der Waals surface area (Å²) in [6.45, 7) is -0.0136. The molecule has 1 N–H and O–H groups in total. The number of amides is 1. The van der Waals surface area contributed by atoms with Crippen LogP contribution in [-0.4, -0.2) is 29.6 Å². The van der Waals surface area contributed by atoms with E-state index in [1.54, 1.807) is 24.7 Å². The van der Waals surface area contributed by atoms with Crippen LogP contribution in [0.3, 0.4) is 0 Å². The fourth-order valence-electron chi connectivity index (χ4n) is 1.94. The van der Waals surface area contributed by atoms with Crippen LogP contribution in [0.4, 0.5) is 5.13 Å². The molecule has 7 heteroatoms. The molecule has 3 aromatic heterocycles. The summed E-state index contributed by atoms with van der Waals surface area (Å²) in [4.78, 5) is 21.0. The van der Waals surface area contributed by atoms with Crippen LogP contribution in [0, 0.1) is 0 Å². The van der Waals surface area contributed by atoms with Gasteiger partial charge < -0.3 is 9.15 Å². The minimum atomic E-state index is -0.247. The zero-order chi connectivity index (χ0) is 15.4. The van der Waals surface area contributed by atoms with Crippen molar-refractivity contribution in [1.29, 1.82) is 0 Å². The monoisotopic (exact) mass is 315 g/mol. The van der Waals surface area contributed by atoms with Crippen LogP contribution in [0.5, 0.6) is 0 Å². The lowest BCUT2D eigenvalue weighted by Crippen LogP contribution is -2.16. The first-order valence-corrected chi connectivity index (χ1v) is 7.33. The van der Waals surface area contributed by atoms with E-state index in [9.17, 15) is 4.79 Å². The van der Waals surface area contributed by atoms with Gasteiger partial charge in [0.2, 0.25) is 0 Å². The van der Waals surface area contributed by atoms with Crippen molar-refractivity contribution in [1.82, 2.24) is 9.97 Å². The summed E-state index contributed by atoms with van der Waals surface area (Å²) in [6, 6.07) is 7.41. The summed E-state index contributed by atoms with van der Waals surface area (Å²) in [5.41, 5.74) is 1.65. The number of methoxy groups -OCH3 is 1. The van der Waals surface area contributed by atoms with Crippen LogP contribution < -0.4 is 5.32 Å². The standard InChI is InChI=1S/C15H13N3O3S/c1-20-9-12(19)17-15-18-13(11-3-2-8-21-11)14(22-15)10-4-6-16-7-5-10/h2-8H,9H2,1H3,(H,17,18,19). The third-order valence-corrected chi connectivity index (χ3v) is 3.87. The highest BCUT2D eigenvalue weighted by molar-refractivity contribution is 7.19. The number of pyridine rings is 1. The lowest BCUT2D eigenvalue weighted by molar-refractivity contribution is -0.119. The highest BCUT2D eigenvalue weighted by atomic mass is 32.1. The predicted octanol–water partition coefficient (Wildman–Crippen LogP) is 3.05. The Hall–Kier alpha value is -2.51. The zero-order valence-electron chi connectivity index (χ0n) is 11.8. The molecule has 0 spiro atoms. The number of nitrogens with zero attached hydrogens (tertiary/aromatic N) is 2. The number of carbonyl (C=O) groups is 1. The van der Waals surface area contributed by atoms with Gasteiger partial charge in [-0.05, 0) is 29.8 Å². The van der Waals surface area contributed by atoms with E-state index in [1.807, 2.05) is 18.2 Å². The highest BCUT2D eigenvalue weighted by Crippen LogP contribution is 2.38. The van der Waals surface area contributed by atoms with E-state index in [0.717, 1.165) is 10.4 Å². The Balaban J connectivity index is 2.00. The molecule has 0 unspecified atom stereocenters. The van der Waals surface area contributed by atoms with E-state index in [1.165, 1.54) is 18.4 Å². The number of aromatic nitrogens is 2. The molecule has 3 aromatic rings. The Kier molecular flexibility index (Phi) is 4.27. The largest absolute Gasteiger partial charge is 0.463 e. The summed E-state index contributed by atoms with van der Waals surface area (Å²) in [5.74, 6) is 0.402. The van der Waals surface area contributed by atoms with Gasteiger partial charge in [0.1, 0.15) is 12.3 Å². The van der Waals surface area contributed by atoms with E-state index in [-0.39, 0.29) is 12.5 Å². The van der Waals surface area contributed by atoms with Crippen molar-refractivity contribution >= 4 is 22.4 Å². The van der Waals surface area contributed by atoms with E-state index in [2.05, 4.69) is 15.3 Å². The van der Waals surface area contributed by atoms with Crippen molar-refractivity contribution < 1.29 is 13.9 Å². The molecular weight excluding hydrogens is 302 g/mol. The van der Waals surface area contributed by atoms with Crippen molar-refractivity contribution in [2.24, 2.45) is 0 Å². The molecule has 0 bridgehead atoms. The second-order valence-corrected chi connectivity index (χ2v) is 5.39. The van der Waals surface area contributed by atoms with Crippen molar-refractivity contribution in [3.63, 3.8) is 0 Å². The van der Waals surface area contributed by atoms with E-state index < -0.39 is 0 Å². The highest BCUT2D eigenvalue weighted by Gasteiger charge is 2.18. The van der Waals surface area contributed by atoms with Crippen LogP contribution in [0.2, 0.25) is 0 Å². The normalized spacial score (nSPS) is 10.6. The summed E-state index contributed by atoms with van der Waals surface area (Å²) in [7, 11) is 1.47. The average Bonchev–Trinajstić information content (AvgIpc) is 3.17. The van der Waals surface area contributed by atoms with Gasteiger partial charge in [0.25, 0.3) is 5.91 Å². The molecule has 3 heterocycles. The molecule has 1 amide bonds. The number of nitrogens with one attached hydrogen (secondary N) is 1. The van der Waals surface area contributed by atoms with Gasteiger partial charge in [0.05, 0.1) is 11.1 Å². The molecule has 0 saturated carbocycles. The number of thiazole rings is 1. The van der Waals surface area contributed by atoms with Crippen LogP contribution >= 0.6 is 11.3 Å². The third kappa shape index (κ3) is 3.05. The van der Waals surface area contributed by atoms with Crippen molar-refractivity contribution in [2.45, 2.75) is 0 Å². The Morgan fingerprint density at radius 3 is 2.86 bits per heavy atom. The smallest absolute Gasteiger partial charge is 0.252 e. The zero-order valence-corrected chi connectivity index (χ0v) is 12.6. The summed E-state index contributed by atoms with van der Waals surface area (Å²) >= 11 is 1.38. The van der Waals surface area contributed by atoms with Gasteiger partial charge in [-0.2, -0.15) is 0 Å². The number of hydrogen-bond donors (Lipinski definition) is 1. The molecule has 0 aliphatic heterocycles. The molecule has 22 heavy (non-hydrogen) atoms. The second kappa shape index (κ2) is 6.50. The van der Waals surface area contributed by atoms with E-state index in [0.29, 0.717) is 16.6 Å². The molecule has 0 fully saturated rings. The van der Waals surface area contributed by atoms with Crippen molar-refractivity contribution in [3.05, 3.63) is 42.9 Å². The number of ether oxygens (including phenoxy) is 1. The molecule has 0 radical (unpaired) electrons. The van der Waals surface area contributed by atoms with Gasteiger partial charge in [-0.1, -0.05) is 11.3 Å². The summed E-state index contributed by atoms with van der Waals surface area (Å²) < 4.78 is 10.2. The number of furan rings is 1. The fourth-order valence-corrected chi connectivity index (χ4v) is 2.93. The molecule has 0 aliphatic rings. The van der Waals surface area contributed by atoms with Gasteiger partial charge in [0.15, 0.2) is 10.9 Å². The molecule has 6 nitrogen and oxygen atoms in total. The second-order valence-electron chi connectivity index (χ2n) is 4.39. The maximum atomic E-state index is 11.7. The van der Waals surface area contributed by atoms with Gasteiger partial charge in [-0.25, -0.2) is 4.98 Å². The first-order valence-electron chi connectivity index (χ1n) is 6.52. The van der Waals surface area contributed by atoms with Gasteiger partial charge in [-0.15, -0.1) is 0 Å². The minimum Gasteiger partial charge on any atom is -0.463 e. The topological polar surface area (TPSA) is 77.2 Å². The van der Waals surface area contributed by atoms with Gasteiger partial charge >= 0.3 is 0 Å². The molecular formula is C15H13N3O3S. The van der Waals surface area contributed by atoms with Crippen molar-refractivity contribution in [3.8, 4) is 21.9 Å². The fraction of sp³-hybridized carbons (Fsp3) is 0.133. The quantitative estimate of drug-likeness (QED) is 0.783. The van der Waals surface area contributed by atoms with Crippen LogP contribution in [0.15, 0.2) is 47.3 Å². The summed E-state index contributed by atoms with van der Waals surface area (Å²) in [6.07, 6.45) is 5.02. The number of anilines is 1. The van der Waals surface area contributed by atoms with Crippen LogP contribution in [0.25, 0.3) is 21.9 Å². The lowest BCUT2D eigenvalue weighted by Gasteiger charge is -1.98. The minimum absolute atomic E-state index is 0.0136. The lowest BCUT2D eigenvalue weighted by atomic mass is 10.2. The molecule has 112 valence electrons. The molecule has 0 aliphatic carbocycles. The first kappa shape index (κ1) is 14.4. The first-order chi connectivity index (χ1) is 10.8. The Labute approximate surface area is 130 Å². The summed E-state index contributed by atoms with van der Waals surface area (Å²) in [5, 5.41) is 3.22. The number of hydrogen-bond acceptors (Lipinski definition) is 6. The Bertz CT molecular complexity index is 754. The molecule has 0 aromatic carbocycles. The Morgan fingerprint density at radius 1 is 1.36 bits per heavy atom.